The van der Waals surface area contributed by atoms with E-state index in [2.05, 4.69) is 38.4 Å². The Labute approximate surface area is 183 Å². The SMILES string of the molecule is CCNC(=S)N/N=C\c1cc(Cl)c(OCc2ccc(I)cc2)c(OCC)c1. The molecular weight excluding hydrogens is 497 g/mol. The van der Waals surface area contributed by atoms with Gasteiger partial charge < -0.3 is 14.8 Å². The Morgan fingerprint density at radius 3 is 2.63 bits per heavy atom. The van der Waals surface area contributed by atoms with Gasteiger partial charge in [-0.3, -0.25) is 5.43 Å². The lowest BCUT2D eigenvalue weighted by atomic mass is 10.2. The first-order valence-electron chi connectivity index (χ1n) is 8.44. The molecule has 0 bridgehead atoms. The minimum absolute atomic E-state index is 0.405. The molecule has 0 heterocycles. The van der Waals surface area contributed by atoms with Crippen LogP contribution in [0.25, 0.3) is 0 Å². The summed E-state index contributed by atoms with van der Waals surface area (Å²) in [7, 11) is 0. The van der Waals surface area contributed by atoms with E-state index in [1.165, 1.54) is 3.57 Å². The zero-order valence-corrected chi connectivity index (χ0v) is 18.8. The van der Waals surface area contributed by atoms with Crippen molar-refractivity contribution in [3.8, 4) is 11.5 Å². The molecule has 0 unspecified atom stereocenters. The standard InChI is InChI=1S/C19H21ClIN3O2S/c1-3-22-19(27)24-23-11-14-9-16(20)18(17(10-14)25-4-2)26-12-13-5-7-15(21)8-6-13/h5-11H,3-4,12H2,1-2H3,(H2,22,24,27)/b23-11-. The van der Waals surface area contributed by atoms with Gasteiger partial charge in [0.2, 0.25) is 0 Å². The molecule has 2 rings (SSSR count). The van der Waals surface area contributed by atoms with Crippen LogP contribution >= 0.6 is 46.4 Å². The predicted octanol–water partition coefficient (Wildman–Crippen LogP) is 4.74. The number of benzene rings is 2. The second-order valence-electron chi connectivity index (χ2n) is 5.41. The molecule has 0 spiro atoms. The third kappa shape index (κ3) is 7.15. The molecule has 144 valence electrons. The Kier molecular flexibility index (Phi) is 9.09. The minimum Gasteiger partial charge on any atom is -0.490 e. The van der Waals surface area contributed by atoms with E-state index in [1.807, 2.05) is 44.2 Å². The van der Waals surface area contributed by atoms with Crippen LogP contribution in [0.1, 0.15) is 25.0 Å². The second kappa shape index (κ2) is 11.3. The number of nitrogens with one attached hydrogen (secondary N) is 2. The van der Waals surface area contributed by atoms with Crippen molar-refractivity contribution in [2.75, 3.05) is 13.2 Å². The Morgan fingerprint density at radius 2 is 1.96 bits per heavy atom. The Bertz CT molecular complexity index is 800. The third-order valence-corrected chi connectivity index (χ3v) is 4.58. The lowest BCUT2D eigenvalue weighted by Gasteiger charge is -2.14. The molecule has 27 heavy (non-hydrogen) atoms. The molecule has 2 aromatic carbocycles. The molecule has 2 aromatic rings. The van der Waals surface area contributed by atoms with Crippen LogP contribution in [0.5, 0.6) is 11.5 Å². The van der Waals surface area contributed by atoms with Gasteiger partial charge >= 0.3 is 0 Å². The largest absolute Gasteiger partial charge is 0.490 e. The van der Waals surface area contributed by atoms with E-state index in [0.29, 0.717) is 34.8 Å². The van der Waals surface area contributed by atoms with Crippen LogP contribution in [0.4, 0.5) is 0 Å². The Balaban J connectivity index is 2.13. The fourth-order valence-electron chi connectivity index (χ4n) is 2.17. The summed E-state index contributed by atoms with van der Waals surface area (Å²) in [6.07, 6.45) is 1.63. The first-order valence-corrected chi connectivity index (χ1v) is 10.3. The van der Waals surface area contributed by atoms with Crippen LogP contribution in [-0.4, -0.2) is 24.5 Å². The molecule has 0 radical (unpaired) electrons. The van der Waals surface area contributed by atoms with Crippen LogP contribution in [0.2, 0.25) is 5.02 Å². The van der Waals surface area contributed by atoms with Gasteiger partial charge in [-0.1, -0.05) is 23.7 Å². The van der Waals surface area contributed by atoms with E-state index in [0.717, 1.165) is 17.7 Å². The topological polar surface area (TPSA) is 54.9 Å². The van der Waals surface area contributed by atoms with E-state index in [4.69, 9.17) is 33.3 Å². The molecule has 2 N–H and O–H groups in total. The number of halogens is 2. The summed E-state index contributed by atoms with van der Waals surface area (Å²) in [4.78, 5) is 0. The highest BCUT2D eigenvalue weighted by molar-refractivity contribution is 14.1. The van der Waals surface area contributed by atoms with E-state index < -0.39 is 0 Å². The van der Waals surface area contributed by atoms with Gasteiger partial charge in [-0.05, 0) is 84.0 Å². The lowest BCUT2D eigenvalue weighted by molar-refractivity contribution is 0.269. The summed E-state index contributed by atoms with van der Waals surface area (Å²) in [5, 5.41) is 7.98. The first-order chi connectivity index (χ1) is 13.0. The average Bonchev–Trinajstić information content (AvgIpc) is 2.63. The summed E-state index contributed by atoms with van der Waals surface area (Å²) in [5.74, 6) is 1.09. The van der Waals surface area contributed by atoms with Crippen molar-refractivity contribution in [2.45, 2.75) is 20.5 Å². The fourth-order valence-corrected chi connectivity index (χ4v) is 3.00. The van der Waals surface area contributed by atoms with Gasteiger partial charge in [0.05, 0.1) is 17.8 Å². The third-order valence-electron chi connectivity index (χ3n) is 3.35. The van der Waals surface area contributed by atoms with Gasteiger partial charge in [0.1, 0.15) is 6.61 Å². The summed E-state index contributed by atoms with van der Waals surface area (Å²) >= 11 is 13.8. The van der Waals surface area contributed by atoms with Crippen molar-refractivity contribution in [2.24, 2.45) is 5.10 Å². The van der Waals surface area contributed by atoms with Crippen molar-refractivity contribution in [3.05, 3.63) is 56.1 Å². The maximum atomic E-state index is 6.43. The summed E-state index contributed by atoms with van der Waals surface area (Å²) in [6, 6.07) is 11.7. The maximum absolute atomic E-state index is 6.43. The van der Waals surface area contributed by atoms with Crippen LogP contribution in [0.15, 0.2) is 41.5 Å². The number of hydrogen-bond donors (Lipinski definition) is 2. The molecule has 0 aliphatic rings. The normalized spacial score (nSPS) is 10.7. The molecule has 0 aliphatic heterocycles. The zero-order valence-electron chi connectivity index (χ0n) is 15.1. The minimum atomic E-state index is 0.405. The number of ether oxygens (including phenoxy) is 2. The lowest BCUT2D eigenvalue weighted by Crippen LogP contribution is -2.31. The highest BCUT2D eigenvalue weighted by Gasteiger charge is 2.12. The molecule has 0 saturated heterocycles. The molecule has 0 amide bonds. The number of rotatable bonds is 8. The summed E-state index contributed by atoms with van der Waals surface area (Å²) in [5.41, 5.74) is 4.57. The highest BCUT2D eigenvalue weighted by Crippen LogP contribution is 2.37. The zero-order chi connectivity index (χ0) is 19.6. The van der Waals surface area contributed by atoms with Gasteiger partial charge in [0.25, 0.3) is 0 Å². The molecule has 0 aromatic heterocycles. The highest BCUT2D eigenvalue weighted by atomic mass is 127. The number of nitrogens with zero attached hydrogens (tertiary/aromatic N) is 1. The molecule has 0 saturated carbocycles. The van der Waals surface area contributed by atoms with Crippen molar-refractivity contribution >= 4 is 57.7 Å². The Morgan fingerprint density at radius 1 is 1.22 bits per heavy atom. The van der Waals surface area contributed by atoms with Crippen LogP contribution in [0, 0.1) is 3.57 Å². The Hall–Kier alpha value is -1.58. The van der Waals surface area contributed by atoms with Crippen LogP contribution < -0.4 is 20.2 Å². The average molecular weight is 518 g/mol. The predicted molar refractivity (Wildman–Crippen MR) is 123 cm³/mol. The number of hydrogen-bond acceptors (Lipinski definition) is 4. The fraction of sp³-hybridized carbons (Fsp3) is 0.263. The quantitative estimate of drug-likeness (QED) is 0.229. The second-order valence-corrected chi connectivity index (χ2v) is 7.47. The van der Waals surface area contributed by atoms with Crippen LogP contribution in [0.3, 0.4) is 0 Å². The molecule has 0 aliphatic carbocycles. The maximum Gasteiger partial charge on any atom is 0.186 e. The molecular formula is C19H21ClIN3O2S. The van der Waals surface area contributed by atoms with Gasteiger partial charge in [0, 0.05) is 10.1 Å². The van der Waals surface area contributed by atoms with E-state index in [9.17, 15) is 0 Å². The van der Waals surface area contributed by atoms with E-state index >= 15 is 0 Å². The number of hydrazone groups is 1. The van der Waals surface area contributed by atoms with Crippen molar-refractivity contribution in [3.63, 3.8) is 0 Å². The van der Waals surface area contributed by atoms with Gasteiger partial charge in [0.15, 0.2) is 16.6 Å². The summed E-state index contributed by atoms with van der Waals surface area (Å²) in [6.45, 7) is 5.51. The monoisotopic (exact) mass is 517 g/mol. The van der Waals surface area contributed by atoms with E-state index in [-0.39, 0.29) is 0 Å². The molecule has 8 heteroatoms. The smallest absolute Gasteiger partial charge is 0.186 e. The van der Waals surface area contributed by atoms with Crippen molar-refractivity contribution in [1.29, 1.82) is 0 Å². The van der Waals surface area contributed by atoms with E-state index in [1.54, 1.807) is 12.3 Å². The van der Waals surface area contributed by atoms with Gasteiger partial charge in [-0.2, -0.15) is 5.10 Å². The van der Waals surface area contributed by atoms with Crippen LogP contribution in [-0.2, 0) is 6.61 Å². The number of thiocarbonyl (C=S) groups is 1. The van der Waals surface area contributed by atoms with Gasteiger partial charge in [-0.15, -0.1) is 0 Å². The molecule has 5 nitrogen and oxygen atoms in total. The van der Waals surface area contributed by atoms with Gasteiger partial charge in [-0.25, -0.2) is 0 Å². The molecule has 0 atom stereocenters. The molecule has 0 fully saturated rings. The van der Waals surface area contributed by atoms with Crippen molar-refractivity contribution < 1.29 is 9.47 Å². The van der Waals surface area contributed by atoms with Crippen molar-refractivity contribution in [1.82, 2.24) is 10.7 Å². The summed E-state index contributed by atoms with van der Waals surface area (Å²) < 4.78 is 12.8. The first kappa shape index (κ1) is 21.7.